The molecule has 98 valence electrons. The van der Waals surface area contributed by atoms with Gasteiger partial charge in [0.25, 0.3) is 0 Å². The van der Waals surface area contributed by atoms with Crippen LogP contribution in [0.25, 0.3) is 0 Å². The fraction of sp³-hybridized carbons (Fsp3) is 0.600. The van der Waals surface area contributed by atoms with Gasteiger partial charge in [-0.3, -0.25) is 0 Å². The SMILES string of the molecule is CC1(C)CCC2(C[C@@H](N)c3cc(F)ccc3O2)C1. The Morgan fingerprint density at radius 1 is 1.33 bits per heavy atom. The third-order valence-corrected chi connectivity index (χ3v) is 4.35. The Kier molecular flexibility index (Phi) is 2.46. The summed E-state index contributed by atoms with van der Waals surface area (Å²) in [6.07, 6.45) is 4.04. The van der Waals surface area contributed by atoms with E-state index in [1.807, 2.05) is 0 Å². The van der Waals surface area contributed by atoms with Crippen LogP contribution in [0.3, 0.4) is 0 Å². The summed E-state index contributed by atoms with van der Waals surface area (Å²) in [6.45, 7) is 4.55. The highest BCUT2D eigenvalue weighted by molar-refractivity contribution is 5.39. The van der Waals surface area contributed by atoms with Crippen molar-refractivity contribution >= 4 is 0 Å². The Bertz CT molecular complexity index is 485. The highest BCUT2D eigenvalue weighted by atomic mass is 19.1. The smallest absolute Gasteiger partial charge is 0.125 e. The van der Waals surface area contributed by atoms with Gasteiger partial charge in [0.1, 0.15) is 17.2 Å². The molecule has 1 aliphatic carbocycles. The lowest BCUT2D eigenvalue weighted by Gasteiger charge is -2.39. The van der Waals surface area contributed by atoms with Crippen molar-refractivity contribution in [2.24, 2.45) is 11.1 Å². The maximum Gasteiger partial charge on any atom is 0.125 e. The lowest BCUT2D eigenvalue weighted by atomic mass is 9.83. The van der Waals surface area contributed by atoms with Crippen molar-refractivity contribution in [2.45, 2.75) is 51.2 Å². The molecule has 2 atom stereocenters. The minimum atomic E-state index is -0.240. The van der Waals surface area contributed by atoms with Crippen LogP contribution < -0.4 is 10.5 Å². The number of hydrogen-bond donors (Lipinski definition) is 1. The predicted octanol–water partition coefficient (Wildman–Crippen LogP) is 3.56. The first-order chi connectivity index (χ1) is 8.39. The van der Waals surface area contributed by atoms with E-state index in [4.69, 9.17) is 10.5 Å². The predicted molar refractivity (Wildman–Crippen MR) is 68.9 cm³/mol. The Morgan fingerprint density at radius 3 is 2.78 bits per heavy atom. The quantitative estimate of drug-likeness (QED) is 0.763. The number of hydrogen-bond acceptors (Lipinski definition) is 2. The van der Waals surface area contributed by atoms with Crippen LogP contribution in [0.2, 0.25) is 0 Å². The zero-order chi connectivity index (χ0) is 13.0. The maximum atomic E-state index is 13.2. The first-order valence-corrected chi connectivity index (χ1v) is 6.63. The van der Waals surface area contributed by atoms with Crippen molar-refractivity contribution in [3.63, 3.8) is 0 Å². The van der Waals surface area contributed by atoms with Crippen LogP contribution in [0.4, 0.5) is 4.39 Å². The van der Waals surface area contributed by atoms with Gasteiger partial charge >= 0.3 is 0 Å². The molecular weight excluding hydrogens is 229 g/mol. The Morgan fingerprint density at radius 2 is 2.11 bits per heavy atom. The first kappa shape index (κ1) is 12.0. The third-order valence-electron chi connectivity index (χ3n) is 4.35. The second kappa shape index (κ2) is 3.70. The standard InChI is InChI=1S/C15H20FNO/c1-14(2)5-6-15(9-14)8-12(17)11-7-10(16)3-4-13(11)18-15/h3-4,7,12H,5-6,8-9,17H2,1-2H3/t12-,15?/m1/s1. The molecule has 2 aliphatic rings. The summed E-state index contributed by atoms with van der Waals surface area (Å²) in [5.74, 6) is 0.531. The molecule has 0 amide bonds. The lowest BCUT2D eigenvalue weighted by molar-refractivity contribution is 0.0329. The molecule has 2 nitrogen and oxygen atoms in total. The van der Waals surface area contributed by atoms with Gasteiger partial charge in [0.15, 0.2) is 0 Å². The Labute approximate surface area is 107 Å². The number of halogens is 1. The highest BCUT2D eigenvalue weighted by Gasteiger charge is 2.48. The minimum Gasteiger partial charge on any atom is -0.487 e. The van der Waals surface area contributed by atoms with Crippen LogP contribution in [-0.2, 0) is 0 Å². The van der Waals surface area contributed by atoms with Crippen molar-refractivity contribution in [1.29, 1.82) is 0 Å². The van der Waals surface area contributed by atoms with Crippen LogP contribution in [0, 0.1) is 11.2 Å². The Balaban J connectivity index is 1.95. The van der Waals surface area contributed by atoms with Crippen LogP contribution in [0.1, 0.15) is 51.1 Å². The van der Waals surface area contributed by atoms with E-state index in [0.29, 0.717) is 5.41 Å². The average molecular weight is 249 g/mol. The summed E-state index contributed by atoms with van der Waals surface area (Å²) in [5, 5.41) is 0. The van der Waals surface area contributed by atoms with Gasteiger partial charge in [-0.2, -0.15) is 0 Å². The molecule has 3 heteroatoms. The number of rotatable bonds is 0. The topological polar surface area (TPSA) is 35.2 Å². The summed E-state index contributed by atoms with van der Waals surface area (Å²) in [5.41, 5.74) is 7.21. The molecule has 3 rings (SSSR count). The van der Waals surface area contributed by atoms with E-state index >= 15 is 0 Å². The van der Waals surface area contributed by atoms with E-state index in [-0.39, 0.29) is 17.5 Å². The van der Waals surface area contributed by atoms with Gasteiger partial charge in [-0.1, -0.05) is 13.8 Å². The maximum absolute atomic E-state index is 13.2. The summed E-state index contributed by atoms with van der Waals surface area (Å²) in [4.78, 5) is 0. The number of benzene rings is 1. The molecule has 1 saturated carbocycles. The lowest BCUT2D eigenvalue weighted by Crippen LogP contribution is -2.41. The van der Waals surface area contributed by atoms with Gasteiger partial charge < -0.3 is 10.5 Å². The van der Waals surface area contributed by atoms with E-state index < -0.39 is 0 Å². The fourth-order valence-corrected chi connectivity index (χ4v) is 3.56. The van der Waals surface area contributed by atoms with Gasteiger partial charge in [-0.15, -0.1) is 0 Å². The van der Waals surface area contributed by atoms with Crippen molar-refractivity contribution in [3.05, 3.63) is 29.6 Å². The number of fused-ring (bicyclic) bond motifs is 1. The molecule has 1 unspecified atom stereocenters. The van der Waals surface area contributed by atoms with Gasteiger partial charge in [0, 0.05) is 18.0 Å². The molecule has 1 heterocycles. The van der Waals surface area contributed by atoms with Crippen LogP contribution >= 0.6 is 0 Å². The molecule has 0 aromatic heterocycles. The summed E-state index contributed by atoms with van der Waals surface area (Å²) in [7, 11) is 0. The van der Waals surface area contributed by atoms with E-state index in [0.717, 1.165) is 37.0 Å². The van der Waals surface area contributed by atoms with Crippen molar-refractivity contribution in [1.82, 2.24) is 0 Å². The zero-order valence-electron chi connectivity index (χ0n) is 11.0. The molecular formula is C15H20FNO. The third kappa shape index (κ3) is 1.91. The molecule has 2 N–H and O–H groups in total. The van der Waals surface area contributed by atoms with Gasteiger partial charge in [-0.25, -0.2) is 4.39 Å². The molecule has 1 aromatic carbocycles. The van der Waals surface area contributed by atoms with Crippen LogP contribution in [0.5, 0.6) is 5.75 Å². The number of ether oxygens (including phenoxy) is 1. The van der Waals surface area contributed by atoms with Crippen molar-refractivity contribution in [2.75, 3.05) is 0 Å². The normalized spacial score (nSPS) is 33.2. The highest BCUT2D eigenvalue weighted by Crippen LogP contribution is 2.52. The summed E-state index contributed by atoms with van der Waals surface area (Å²) >= 11 is 0. The van der Waals surface area contributed by atoms with Gasteiger partial charge in [0.05, 0.1) is 0 Å². The van der Waals surface area contributed by atoms with Crippen LogP contribution in [-0.4, -0.2) is 5.60 Å². The summed E-state index contributed by atoms with van der Waals surface area (Å²) in [6, 6.07) is 4.56. The molecule has 0 saturated heterocycles. The zero-order valence-corrected chi connectivity index (χ0v) is 11.0. The average Bonchev–Trinajstić information content (AvgIpc) is 2.56. The molecule has 1 aliphatic heterocycles. The second-order valence-electron chi connectivity index (χ2n) is 6.62. The number of nitrogens with two attached hydrogens (primary N) is 1. The molecule has 1 spiro atoms. The van der Waals surface area contributed by atoms with Crippen molar-refractivity contribution in [3.8, 4) is 5.75 Å². The van der Waals surface area contributed by atoms with Gasteiger partial charge in [0.2, 0.25) is 0 Å². The first-order valence-electron chi connectivity index (χ1n) is 6.63. The fourth-order valence-electron chi connectivity index (χ4n) is 3.56. The minimum absolute atomic E-state index is 0.113. The van der Waals surface area contributed by atoms with Crippen LogP contribution in [0.15, 0.2) is 18.2 Å². The molecule has 1 fully saturated rings. The molecule has 0 bridgehead atoms. The molecule has 1 aromatic rings. The summed E-state index contributed by atoms with van der Waals surface area (Å²) < 4.78 is 19.4. The van der Waals surface area contributed by atoms with E-state index in [2.05, 4.69) is 13.8 Å². The van der Waals surface area contributed by atoms with Gasteiger partial charge in [-0.05, 0) is 42.9 Å². The largest absolute Gasteiger partial charge is 0.487 e. The monoisotopic (exact) mass is 249 g/mol. The van der Waals surface area contributed by atoms with E-state index in [1.54, 1.807) is 6.07 Å². The Hall–Kier alpha value is -1.09. The van der Waals surface area contributed by atoms with E-state index in [9.17, 15) is 4.39 Å². The molecule has 0 radical (unpaired) electrons. The second-order valence-corrected chi connectivity index (χ2v) is 6.62. The van der Waals surface area contributed by atoms with E-state index in [1.165, 1.54) is 12.1 Å². The molecule has 18 heavy (non-hydrogen) atoms. The van der Waals surface area contributed by atoms with Crippen molar-refractivity contribution < 1.29 is 9.13 Å².